The number of amides is 1. The Morgan fingerprint density at radius 1 is 1.04 bits per heavy atom. The van der Waals surface area contributed by atoms with E-state index in [9.17, 15) is 13.2 Å². The zero-order valence-electron chi connectivity index (χ0n) is 14.7. The number of benzene rings is 2. The number of carbonyl (C=O) groups is 1. The molecule has 0 aliphatic carbocycles. The van der Waals surface area contributed by atoms with Gasteiger partial charge in [0, 0.05) is 32.2 Å². The lowest BCUT2D eigenvalue weighted by molar-refractivity contribution is 0.0730. The van der Waals surface area contributed by atoms with Crippen molar-refractivity contribution < 1.29 is 17.9 Å². The minimum Gasteiger partial charge on any atom is -0.379 e. The summed E-state index contributed by atoms with van der Waals surface area (Å²) < 4.78 is 31.8. The van der Waals surface area contributed by atoms with E-state index >= 15 is 0 Å². The monoisotopic (exact) mass is 374 g/mol. The number of rotatable bonds is 5. The highest BCUT2D eigenvalue weighted by atomic mass is 32.2. The van der Waals surface area contributed by atoms with Crippen molar-refractivity contribution in [2.75, 3.05) is 33.4 Å². The second-order valence-electron chi connectivity index (χ2n) is 6.19. The molecule has 0 radical (unpaired) electrons. The van der Waals surface area contributed by atoms with Crippen molar-refractivity contribution in [2.45, 2.75) is 11.4 Å². The average Bonchev–Trinajstić information content (AvgIpc) is 2.69. The first kappa shape index (κ1) is 18.6. The van der Waals surface area contributed by atoms with E-state index in [0.29, 0.717) is 38.4 Å². The predicted octanol–water partition coefficient (Wildman–Crippen LogP) is 1.98. The van der Waals surface area contributed by atoms with E-state index < -0.39 is 10.0 Å². The fraction of sp³-hybridized carbons (Fsp3) is 0.316. The van der Waals surface area contributed by atoms with Gasteiger partial charge in [0.2, 0.25) is 10.0 Å². The zero-order chi connectivity index (χ0) is 18.6. The van der Waals surface area contributed by atoms with Crippen molar-refractivity contribution in [1.29, 1.82) is 0 Å². The van der Waals surface area contributed by atoms with Gasteiger partial charge in [0.05, 0.1) is 18.1 Å². The van der Waals surface area contributed by atoms with Crippen LogP contribution in [-0.4, -0.2) is 56.9 Å². The second-order valence-corrected chi connectivity index (χ2v) is 8.13. The fourth-order valence-corrected chi connectivity index (χ4v) is 4.26. The molecule has 26 heavy (non-hydrogen) atoms. The number of hydrogen-bond acceptors (Lipinski definition) is 4. The summed E-state index contributed by atoms with van der Waals surface area (Å²) in [7, 11) is -1.81. The summed E-state index contributed by atoms with van der Waals surface area (Å²) in [5.41, 5.74) is 1.50. The fourth-order valence-electron chi connectivity index (χ4n) is 2.85. The Morgan fingerprint density at radius 2 is 1.65 bits per heavy atom. The van der Waals surface area contributed by atoms with Gasteiger partial charge in [-0.2, -0.15) is 4.31 Å². The summed E-state index contributed by atoms with van der Waals surface area (Å²) in [5.74, 6) is -0.149. The first-order chi connectivity index (χ1) is 12.5. The van der Waals surface area contributed by atoms with Crippen LogP contribution < -0.4 is 0 Å². The number of sulfonamides is 1. The largest absolute Gasteiger partial charge is 0.379 e. The minimum atomic E-state index is -3.54. The third-order valence-electron chi connectivity index (χ3n) is 4.32. The maximum absolute atomic E-state index is 12.6. The van der Waals surface area contributed by atoms with Gasteiger partial charge in [-0.3, -0.25) is 4.79 Å². The van der Waals surface area contributed by atoms with Gasteiger partial charge in [-0.25, -0.2) is 8.42 Å². The normalized spacial score (nSPS) is 15.6. The van der Waals surface area contributed by atoms with E-state index in [4.69, 9.17) is 4.74 Å². The molecule has 0 unspecified atom stereocenters. The van der Waals surface area contributed by atoms with E-state index in [0.717, 1.165) is 5.56 Å². The van der Waals surface area contributed by atoms with Gasteiger partial charge in [-0.1, -0.05) is 30.3 Å². The van der Waals surface area contributed by atoms with Crippen LogP contribution in [0.1, 0.15) is 15.9 Å². The maximum Gasteiger partial charge on any atom is 0.253 e. The van der Waals surface area contributed by atoms with Crippen LogP contribution in [0.2, 0.25) is 0 Å². The molecule has 0 N–H and O–H groups in total. The zero-order valence-corrected chi connectivity index (χ0v) is 15.5. The van der Waals surface area contributed by atoms with E-state index in [1.807, 2.05) is 30.3 Å². The van der Waals surface area contributed by atoms with Crippen LogP contribution in [0.15, 0.2) is 59.5 Å². The van der Waals surface area contributed by atoms with E-state index in [-0.39, 0.29) is 10.8 Å². The van der Waals surface area contributed by atoms with Crippen molar-refractivity contribution in [2.24, 2.45) is 0 Å². The molecule has 1 saturated heterocycles. The number of ether oxygens (including phenoxy) is 1. The molecule has 1 amide bonds. The van der Waals surface area contributed by atoms with Crippen LogP contribution in [0.3, 0.4) is 0 Å². The Labute approximate surface area is 154 Å². The molecule has 2 aromatic carbocycles. The molecule has 0 spiro atoms. The molecular formula is C19H22N2O4S. The van der Waals surface area contributed by atoms with Gasteiger partial charge >= 0.3 is 0 Å². The smallest absolute Gasteiger partial charge is 0.253 e. The average molecular weight is 374 g/mol. The summed E-state index contributed by atoms with van der Waals surface area (Å²) >= 11 is 0. The Bertz CT molecular complexity index is 845. The van der Waals surface area contributed by atoms with Crippen molar-refractivity contribution in [3.8, 4) is 0 Å². The molecule has 2 aromatic rings. The molecule has 1 aliphatic heterocycles. The van der Waals surface area contributed by atoms with E-state index in [2.05, 4.69) is 0 Å². The standard InChI is InChI=1S/C19H22N2O4S/c1-20(15-16-5-3-2-4-6-16)19(22)17-7-9-18(10-8-17)26(23,24)21-11-13-25-14-12-21/h2-10H,11-15H2,1H3. The summed E-state index contributed by atoms with van der Waals surface area (Å²) in [6.07, 6.45) is 0. The lowest BCUT2D eigenvalue weighted by atomic mass is 10.1. The van der Waals surface area contributed by atoms with Crippen molar-refractivity contribution in [1.82, 2.24) is 9.21 Å². The SMILES string of the molecule is CN(Cc1ccccc1)C(=O)c1ccc(S(=O)(=O)N2CCOCC2)cc1. The van der Waals surface area contributed by atoms with Gasteiger partial charge in [0.25, 0.3) is 5.91 Å². The van der Waals surface area contributed by atoms with Gasteiger partial charge in [-0.15, -0.1) is 0 Å². The Hall–Kier alpha value is -2.22. The van der Waals surface area contributed by atoms with Gasteiger partial charge in [0.15, 0.2) is 0 Å². The van der Waals surface area contributed by atoms with Crippen LogP contribution >= 0.6 is 0 Å². The highest BCUT2D eigenvalue weighted by Crippen LogP contribution is 2.18. The highest BCUT2D eigenvalue weighted by Gasteiger charge is 2.26. The van der Waals surface area contributed by atoms with Crippen molar-refractivity contribution in [3.63, 3.8) is 0 Å². The first-order valence-corrected chi connectivity index (χ1v) is 9.90. The van der Waals surface area contributed by atoms with Crippen LogP contribution in [0.4, 0.5) is 0 Å². The number of hydrogen-bond donors (Lipinski definition) is 0. The topological polar surface area (TPSA) is 66.9 Å². The summed E-state index contributed by atoms with van der Waals surface area (Å²) in [5, 5.41) is 0. The second kappa shape index (κ2) is 7.99. The Balaban J connectivity index is 1.71. The minimum absolute atomic E-state index is 0.149. The molecule has 138 valence electrons. The van der Waals surface area contributed by atoms with Gasteiger partial charge < -0.3 is 9.64 Å². The quantitative estimate of drug-likeness (QED) is 0.803. The molecule has 1 fully saturated rings. The van der Waals surface area contributed by atoms with Gasteiger partial charge in [0.1, 0.15) is 0 Å². The summed E-state index contributed by atoms with van der Waals surface area (Å²) in [4.78, 5) is 14.4. The summed E-state index contributed by atoms with van der Waals surface area (Å²) in [6, 6.07) is 15.8. The van der Waals surface area contributed by atoms with E-state index in [1.54, 1.807) is 24.1 Å². The molecule has 1 aliphatic rings. The Kier molecular flexibility index (Phi) is 5.70. The van der Waals surface area contributed by atoms with Crippen LogP contribution in [0, 0.1) is 0 Å². The van der Waals surface area contributed by atoms with Crippen molar-refractivity contribution >= 4 is 15.9 Å². The molecule has 1 heterocycles. The molecule has 7 heteroatoms. The predicted molar refractivity (Wildman–Crippen MR) is 98.3 cm³/mol. The number of nitrogens with zero attached hydrogens (tertiary/aromatic N) is 2. The highest BCUT2D eigenvalue weighted by molar-refractivity contribution is 7.89. The van der Waals surface area contributed by atoms with Crippen LogP contribution in [0.25, 0.3) is 0 Å². The van der Waals surface area contributed by atoms with Crippen LogP contribution in [-0.2, 0) is 21.3 Å². The third kappa shape index (κ3) is 4.12. The molecule has 3 rings (SSSR count). The summed E-state index contributed by atoms with van der Waals surface area (Å²) in [6.45, 7) is 2.00. The number of morpholine rings is 1. The molecule has 6 nitrogen and oxygen atoms in total. The molecule has 0 bridgehead atoms. The third-order valence-corrected chi connectivity index (χ3v) is 6.23. The molecular weight excluding hydrogens is 352 g/mol. The van der Waals surface area contributed by atoms with Crippen molar-refractivity contribution in [3.05, 3.63) is 65.7 Å². The maximum atomic E-state index is 12.6. The van der Waals surface area contributed by atoms with E-state index in [1.165, 1.54) is 16.4 Å². The Morgan fingerprint density at radius 3 is 2.27 bits per heavy atom. The lowest BCUT2D eigenvalue weighted by Gasteiger charge is -2.26. The lowest BCUT2D eigenvalue weighted by Crippen LogP contribution is -2.40. The molecule has 0 aromatic heterocycles. The van der Waals surface area contributed by atoms with Crippen LogP contribution in [0.5, 0.6) is 0 Å². The molecule has 0 atom stereocenters. The number of carbonyl (C=O) groups excluding carboxylic acids is 1. The molecule has 0 saturated carbocycles. The first-order valence-electron chi connectivity index (χ1n) is 8.46. The van der Waals surface area contributed by atoms with Gasteiger partial charge in [-0.05, 0) is 29.8 Å².